The van der Waals surface area contributed by atoms with E-state index in [4.69, 9.17) is 55.9 Å². The first-order valence-corrected chi connectivity index (χ1v) is 18.4. The fourth-order valence-electron chi connectivity index (χ4n) is 3.32. The van der Waals surface area contributed by atoms with E-state index in [1.165, 1.54) is 21.6 Å². The smallest absolute Gasteiger partial charge is 0.441 e. The van der Waals surface area contributed by atoms with Gasteiger partial charge in [-0.3, -0.25) is 0 Å². The zero-order valence-electron chi connectivity index (χ0n) is 22.0. The Bertz CT molecular complexity index is 1020. The Labute approximate surface area is 278 Å². The van der Waals surface area contributed by atoms with Gasteiger partial charge in [-0.25, -0.2) is 0 Å². The summed E-state index contributed by atoms with van der Waals surface area (Å²) in [4.78, 5) is 1.37. The number of hydrogen-bond acceptors (Lipinski definition) is 6. The summed E-state index contributed by atoms with van der Waals surface area (Å²) >= 11 is 25.3. The first kappa shape index (κ1) is 38.4. The molecule has 0 aliphatic carbocycles. The summed E-state index contributed by atoms with van der Waals surface area (Å²) in [5, 5.41) is 1.52. The second-order valence-corrected chi connectivity index (χ2v) is 14.9. The van der Waals surface area contributed by atoms with E-state index in [0.29, 0.717) is 93.1 Å². The Morgan fingerprint density at radius 1 is 0.500 bits per heavy atom. The van der Waals surface area contributed by atoms with Gasteiger partial charge in [-0.2, -0.15) is 26.3 Å². The fourth-order valence-corrected chi connectivity index (χ4v) is 7.99. The van der Waals surface area contributed by atoms with Gasteiger partial charge in [0.25, 0.3) is 0 Å². The van der Waals surface area contributed by atoms with Crippen molar-refractivity contribution in [1.82, 2.24) is 0 Å². The largest absolute Gasteiger partial charge is 0.492 e. The van der Waals surface area contributed by atoms with E-state index >= 15 is 0 Å². The maximum absolute atomic E-state index is 12.2. The molecule has 0 atom stereocenters. The van der Waals surface area contributed by atoms with Crippen LogP contribution in [-0.2, 0) is 0 Å². The van der Waals surface area contributed by atoms with Crippen LogP contribution in [0.1, 0.15) is 51.4 Å². The summed E-state index contributed by atoms with van der Waals surface area (Å²) < 4.78 is 84.6. The van der Waals surface area contributed by atoms with Gasteiger partial charge in [0.15, 0.2) is 0 Å². The van der Waals surface area contributed by atoms with Crippen molar-refractivity contribution in [3.05, 3.63) is 44.4 Å². The van der Waals surface area contributed by atoms with Crippen LogP contribution < -0.4 is 9.47 Å². The molecule has 0 fully saturated rings. The zero-order valence-corrected chi connectivity index (χ0v) is 28.3. The standard InChI is InChI=1S/C26H28Cl4F6O2S4/c27-17-13-19(29)23(15-21(17)37-9-5-1-3-7-11-39-25(31,32)33)41-42-24-16-22(18(28)14-20(24)30)38-10-6-2-4-8-12-40-26(34,35)36/h13-16H,1-12H2. The number of halogens is 10. The van der Waals surface area contributed by atoms with Crippen molar-refractivity contribution in [2.24, 2.45) is 0 Å². The average molecular weight is 757 g/mol. The molecule has 2 aromatic rings. The Morgan fingerprint density at radius 3 is 1.21 bits per heavy atom. The van der Waals surface area contributed by atoms with Crippen LogP contribution in [-0.4, -0.2) is 35.7 Å². The predicted molar refractivity (Wildman–Crippen MR) is 170 cm³/mol. The van der Waals surface area contributed by atoms with Gasteiger partial charge in [0.05, 0.1) is 33.3 Å². The number of hydrogen-bond donors (Lipinski definition) is 0. The molecule has 0 saturated heterocycles. The van der Waals surface area contributed by atoms with Gasteiger partial charge in [0.2, 0.25) is 0 Å². The molecule has 0 amide bonds. The van der Waals surface area contributed by atoms with Crippen LogP contribution in [0.15, 0.2) is 34.1 Å². The van der Waals surface area contributed by atoms with E-state index < -0.39 is 11.0 Å². The topological polar surface area (TPSA) is 18.5 Å². The molecule has 0 heterocycles. The number of alkyl halides is 6. The van der Waals surface area contributed by atoms with Crippen LogP contribution in [0.4, 0.5) is 26.3 Å². The normalized spacial score (nSPS) is 12.1. The maximum Gasteiger partial charge on any atom is 0.441 e. The van der Waals surface area contributed by atoms with Gasteiger partial charge in [0, 0.05) is 21.3 Å². The Balaban J connectivity index is 1.81. The number of benzene rings is 2. The van der Waals surface area contributed by atoms with Crippen molar-refractivity contribution in [3.63, 3.8) is 0 Å². The molecule has 0 saturated carbocycles. The minimum Gasteiger partial charge on any atom is -0.492 e. The highest BCUT2D eigenvalue weighted by atomic mass is 35.5. The van der Waals surface area contributed by atoms with Crippen LogP contribution in [0.3, 0.4) is 0 Å². The van der Waals surface area contributed by atoms with Gasteiger partial charge in [-0.15, -0.1) is 0 Å². The van der Waals surface area contributed by atoms with Gasteiger partial charge >= 0.3 is 11.0 Å². The molecule has 2 nitrogen and oxygen atoms in total. The average Bonchev–Trinajstić information content (AvgIpc) is 2.88. The fraction of sp³-hybridized carbons (Fsp3) is 0.538. The van der Waals surface area contributed by atoms with Crippen molar-refractivity contribution < 1.29 is 35.8 Å². The van der Waals surface area contributed by atoms with E-state index in [9.17, 15) is 26.3 Å². The second kappa shape index (κ2) is 19.6. The third-order valence-electron chi connectivity index (χ3n) is 5.32. The number of ether oxygens (including phenoxy) is 2. The summed E-state index contributed by atoms with van der Waals surface area (Å²) in [5.74, 6) is 0.987. The van der Waals surface area contributed by atoms with E-state index in [1.807, 2.05) is 0 Å². The summed E-state index contributed by atoms with van der Waals surface area (Å²) in [5.41, 5.74) is -8.38. The van der Waals surface area contributed by atoms with Gasteiger partial charge in [-0.1, -0.05) is 117 Å². The van der Waals surface area contributed by atoms with Crippen molar-refractivity contribution in [2.45, 2.75) is 72.2 Å². The van der Waals surface area contributed by atoms with Gasteiger partial charge in [-0.05, 0) is 49.9 Å². The van der Waals surface area contributed by atoms with Gasteiger partial charge < -0.3 is 9.47 Å². The number of rotatable bonds is 19. The van der Waals surface area contributed by atoms with Gasteiger partial charge in [0.1, 0.15) is 11.5 Å². The quantitative estimate of drug-likeness (QED) is 0.0802. The summed E-state index contributed by atoms with van der Waals surface area (Å²) in [6.45, 7) is 0.725. The Kier molecular flexibility index (Phi) is 17.9. The molecule has 16 heteroatoms. The molecular weight excluding hydrogens is 728 g/mol. The third-order valence-corrected chi connectivity index (χ3v) is 10.8. The lowest BCUT2D eigenvalue weighted by Gasteiger charge is -2.13. The van der Waals surface area contributed by atoms with Crippen LogP contribution in [0.2, 0.25) is 20.1 Å². The molecule has 0 spiro atoms. The van der Waals surface area contributed by atoms with Crippen molar-refractivity contribution >= 4 is 91.5 Å². The zero-order chi connectivity index (χ0) is 31.2. The molecule has 0 aliphatic rings. The first-order valence-electron chi connectivity index (χ1n) is 12.7. The van der Waals surface area contributed by atoms with Crippen molar-refractivity contribution in [3.8, 4) is 11.5 Å². The van der Waals surface area contributed by atoms with Crippen LogP contribution in [0.25, 0.3) is 0 Å². The van der Waals surface area contributed by atoms with Crippen LogP contribution in [0.5, 0.6) is 11.5 Å². The summed E-state index contributed by atoms with van der Waals surface area (Å²) in [7, 11) is 2.67. The molecule has 0 aromatic heterocycles. The molecule has 2 rings (SSSR count). The number of thioether (sulfide) groups is 2. The maximum atomic E-state index is 12.2. The van der Waals surface area contributed by atoms with E-state index in [0.717, 1.165) is 12.8 Å². The van der Waals surface area contributed by atoms with E-state index in [2.05, 4.69) is 0 Å². The monoisotopic (exact) mass is 754 g/mol. The SMILES string of the molecule is FC(F)(F)SCCCCCCOc1cc(SSc2cc(OCCCCCCSC(F)(F)F)c(Cl)cc2Cl)c(Cl)cc1Cl. The highest BCUT2D eigenvalue weighted by molar-refractivity contribution is 8.76. The van der Waals surface area contributed by atoms with Crippen molar-refractivity contribution in [1.29, 1.82) is 0 Å². The highest BCUT2D eigenvalue weighted by Gasteiger charge is 2.27. The second-order valence-electron chi connectivity index (χ2n) is 8.71. The molecular formula is C26H28Cl4F6O2S4. The predicted octanol–water partition coefficient (Wildman–Crippen LogP) is 13.5. The molecule has 238 valence electrons. The lowest BCUT2D eigenvalue weighted by molar-refractivity contribution is -0.0336. The van der Waals surface area contributed by atoms with E-state index in [-0.39, 0.29) is 35.0 Å². The minimum absolute atomic E-state index is 0.00276. The number of unbranched alkanes of at least 4 members (excludes halogenated alkanes) is 6. The highest BCUT2D eigenvalue weighted by Crippen LogP contribution is 2.47. The molecule has 0 aliphatic heterocycles. The summed E-state index contributed by atoms with van der Waals surface area (Å²) in [6, 6.07) is 6.60. The third kappa shape index (κ3) is 16.5. The van der Waals surface area contributed by atoms with E-state index in [1.54, 1.807) is 24.3 Å². The van der Waals surface area contributed by atoms with Crippen LogP contribution >= 0.6 is 91.5 Å². The lowest BCUT2D eigenvalue weighted by atomic mass is 10.2. The molecule has 0 unspecified atom stereocenters. The molecule has 0 N–H and O–H groups in total. The molecule has 0 bridgehead atoms. The Morgan fingerprint density at radius 2 is 0.857 bits per heavy atom. The molecule has 42 heavy (non-hydrogen) atoms. The Hall–Kier alpha value is 0.180. The van der Waals surface area contributed by atoms with Crippen molar-refractivity contribution in [2.75, 3.05) is 24.7 Å². The molecule has 0 radical (unpaired) electrons. The lowest BCUT2D eigenvalue weighted by Crippen LogP contribution is -2.01. The minimum atomic E-state index is -4.19. The summed E-state index contributed by atoms with van der Waals surface area (Å²) in [6.07, 6.45) is 5.14. The molecule has 2 aromatic carbocycles. The van der Waals surface area contributed by atoms with Crippen LogP contribution in [0, 0.1) is 0 Å². The first-order chi connectivity index (χ1) is 19.7.